The smallest absolute Gasteiger partial charge is 0.248 e. The van der Waals surface area contributed by atoms with Crippen molar-refractivity contribution in [1.29, 1.82) is 0 Å². The summed E-state index contributed by atoms with van der Waals surface area (Å²) < 4.78 is 10.2. The highest BCUT2D eigenvalue weighted by Gasteiger charge is 2.54. The van der Waals surface area contributed by atoms with Crippen LogP contribution >= 0.6 is 0 Å². The van der Waals surface area contributed by atoms with Gasteiger partial charge in [-0.2, -0.15) is 0 Å². The number of hydrogen-bond donors (Lipinski definition) is 1. The molecule has 6 nitrogen and oxygen atoms in total. The van der Waals surface area contributed by atoms with Gasteiger partial charge in [0.15, 0.2) is 0 Å². The monoisotopic (exact) mass is 378 g/mol. The van der Waals surface area contributed by atoms with Gasteiger partial charge in [0.1, 0.15) is 6.61 Å². The molecule has 5 fully saturated rings. The SMILES string of the molecule is COCCOCC(=O)N1CCC(NC(=O)C23CC4CC(CC(C4)C2)C3)CC1. The molecule has 0 unspecified atom stereocenters. The molecule has 6 heteroatoms. The van der Waals surface area contributed by atoms with Gasteiger partial charge >= 0.3 is 0 Å². The summed E-state index contributed by atoms with van der Waals surface area (Å²) in [5, 5.41) is 3.37. The van der Waals surface area contributed by atoms with E-state index in [4.69, 9.17) is 9.47 Å². The second kappa shape index (κ2) is 8.08. The summed E-state index contributed by atoms with van der Waals surface area (Å²) in [7, 11) is 1.62. The molecule has 0 radical (unpaired) electrons. The molecule has 5 aliphatic rings. The van der Waals surface area contributed by atoms with Crippen LogP contribution in [0.25, 0.3) is 0 Å². The lowest BCUT2D eigenvalue weighted by Gasteiger charge is -2.56. The molecule has 5 rings (SSSR count). The molecule has 27 heavy (non-hydrogen) atoms. The number of likely N-dealkylation sites (tertiary alicyclic amines) is 1. The number of ether oxygens (including phenoxy) is 2. The summed E-state index contributed by atoms with van der Waals surface area (Å²) in [6, 6.07) is 0.212. The summed E-state index contributed by atoms with van der Waals surface area (Å²) in [6.07, 6.45) is 9.12. The number of rotatable bonds is 7. The number of carbonyl (C=O) groups is 2. The number of carbonyl (C=O) groups excluding carboxylic acids is 2. The van der Waals surface area contributed by atoms with Crippen molar-refractivity contribution in [1.82, 2.24) is 10.2 Å². The summed E-state index contributed by atoms with van der Waals surface area (Å²) in [5.41, 5.74) is -0.0725. The predicted octanol–water partition coefficient (Wildman–Crippen LogP) is 1.97. The second-order valence-corrected chi connectivity index (χ2v) is 9.37. The molecule has 1 saturated heterocycles. The molecule has 1 aliphatic heterocycles. The first-order valence-electron chi connectivity index (χ1n) is 10.7. The fraction of sp³-hybridized carbons (Fsp3) is 0.905. The average molecular weight is 379 g/mol. The van der Waals surface area contributed by atoms with E-state index < -0.39 is 0 Å². The average Bonchev–Trinajstić information content (AvgIpc) is 2.64. The number of nitrogens with zero attached hydrogens (tertiary/aromatic N) is 1. The molecule has 0 aromatic rings. The van der Waals surface area contributed by atoms with E-state index in [2.05, 4.69) is 5.32 Å². The van der Waals surface area contributed by atoms with Crippen LogP contribution in [0.2, 0.25) is 0 Å². The summed E-state index contributed by atoms with van der Waals surface area (Å²) in [4.78, 5) is 27.2. The quantitative estimate of drug-likeness (QED) is 0.688. The van der Waals surface area contributed by atoms with Gasteiger partial charge in [-0.15, -0.1) is 0 Å². The Labute approximate surface area is 162 Å². The fourth-order valence-electron chi connectivity index (χ4n) is 6.39. The third-order valence-corrected chi connectivity index (χ3v) is 7.36. The minimum Gasteiger partial charge on any atom is -0.382 e. The van der Waals surface area contributed by atoms with E-state index in [1.165, 1.54) is 19.3 Å². The Balaban J connectivity index is 1.23. The van der Waals surface area contributed by atoms with Crippen LogP contribution in [-0.4, -0.2) is 62.8 Å². The van der Waals surface area contributed by atoms with Crippen molar-refractivity contribution in [3.05, 3.63) is 0 Å². The van der Waals surface area contributed by atoms with Crippen molar-refractivity contribution in [2.24, 2.45) is 23.2 Å². The molecule has 2 amide bonds. The molecule has 0 spiro atoms. The molecule has 1 N–H and O–H groups in total. The highest BCUT2D eigenvalue weighted by atomic mass is 16.5. The van der Waals surface area contributed by atoms with E-state index in [9.17, 15) is 9.59 Å². The number of methoxy groups -OCH3 is 1. The van der Waals surface area contributed by atoms with Gasteiger partial charge in [0, 0.05) is 31.7 Å². The van der Waals surface area contributed by atoms with Crippen LogP contribution in [0.15, 0.2) is 0 Å². The van der Waals surface area contributed by atoms with Crippen molar-refractivity contribution in [3.63, 3.8) is 0 Å². The van der Waals surface area contributed by atoms with Crippen LogP contribution < -0.4 is 5.32 Å². The molecular formula is C21H34N2O4. The number of hydrogen-bond acceptors (Lipinski definition) is 4. The predicted molar refractivity (Wildman–Crippen MR) is 101 cm³/mol. The lowest BCUT2D eigenvalue weighted by Crippen LogP contribution is -2.56. The topological polar surface area (TPSA) is 67.9 Å². The Morgan fingerprint density at radius 3 is 2.15 bits per heavy atom. The molecule has 0 aromatic carbocycles. The standard InChI is InChI=1S/C21H34N2O4/c1-26-6-7-27-14-19(24)23-4-2-18(3-5-23)22-20(25)21-11-15-8-16(12-21)10-17(9-15)13-21/h15-18H,2-14H2,1H3,(H,22,25). The molecule has 4 bridgehead atoms. The molecular weight excluding hydrogens is 344 g/mol. The first-order chi connectivity index (χ1) is 13.1. The van der Waals surface area contributed by atoms with Crippen molar-refractivity contribution in [3.8, 4) is 0 Å². The third-order valence-electron chi connectivity index (χ3n) is 7.36. The fourth-order valence-corrected chi connectivity index (χ4v) is 6.39. The number of nitrogens with one attached hydrogen (secondary N) is 1. The van der Waals surface area contributed by atoms with Gasteiger partial charge in [-0.25, -0.2) is 0 Å². The maximum absolute atomic E-state index is 13.2. The van der Waals surface area contributed by atoms with E-state index in [1.807, 2.05) is 4.90 Å². The van der Waals surface area contributed by atoms with Gasteiger partial charge in [0.2, 0.25) is 11.8 Å². The molecule has 4 saturated carbocycles. The summed E-state index contributed by atoms with van der Waals surface area (Å²) >= 11 is 0. The van der Waals surface area contributed by atoms with Gasteiger partial charge in [-0.3, -0.25) is 9.59 Å². The number of piperidine rings is 1. The van der Waals surface area contributed by atoms with Crippen LogP contribution in [-0.2, 0) is 19.1 Å². The van der Waals surface area contributed by atoms with Crippen LogP contribution in [0.4, 0.5) is 0 Å². The Kier molecular flexibility index (Phi) is 5.74. The lowest BCUT2D eigenvalue weighted by molar-refractivity contribution is -0.147. The zero-order valence-electron chi connectivity index (χ0n) is 16.6. The van der Waals surface area contributed by atoms with Gasteiger partial charge in [0.05, 0.1) is 13.2 Å². The maximum Gasteiger partial charge on any atom is 0.248 e. The van der Waals surface area contributed by atoms with Crippen molar-refractivity contribution in [2.45, 2.75) is 57.4 Å². The highest BCUT2D eigenvalue weighted by molar-refractivity contribution is 5.83. The van der Waals surface area contributed by atoms with E-state index in [-0.39, 0.29) is 24.0 Å². The lowest BCUT2D eigenvalue weighted by atomic mass is 9.49. The molecule has 0 aromatic heterocycles. The molecule has 0 atom stereocenters. The van der Waals surface area contributed by atoms with Crippen LogP contribution in [0.1, 0.15) is 51.4 Å². The zero-order chi connectivity index (χ0) is 18.9. The second-order valence-electron chi connectivity index (χ2n) is 9.37. The Hall–Kier alpha value is -1.14. The normalized spacial score (nSPS) is 35.4. The first-order valence-corrected chi connectivity index (χ1v) is 10.7. The largest absolute Gasteiger partial charge is 0.382 e. The Bertz CT molecular complexity index is 521. The highest BCUT2D eigenvalue weighted by Crippen LogP contribution is 2.60. The first kappa shape index (κ1) is 19.2. The van der Waals surface area contributed by atoms with Gasteiger partial charge in [0.25, 0.3) is 0 Å². The van der Waals surface area contributed by atoms with Gasteiger partial charge in [-0.05, 0) is 69.1 Å². The van der Waals surface area contributed by atoms with Gasteiger partial charge in [-0.1, -0.05) is 0 Å². The van der Waals surface area contributed by atoms with Crippen LogP contribution in [0.3, 0.4) is 0 Å². The summed E-state index contributed by atoms with van der Waals surface area (Å²) in [6.45, 7) is 2.48. The zero-order valence-corrected chi connectivity index (χ0v) is 16.6. The minimum absolute atomic E-state index is 0.0389. The van der Waals surface area contributed by atoms with E-state index >= 15 is 0 Å². The van der Waals surface area contributed by atoms with Crippen molar-refractivity contribution in [2.75, 3.05) is 40.0 Å². The molecule has 1 heterocycles. The Morgan fingerprint density at radius 2 is 1.59 bits per heavy atom. The molecule has 4 aliphatic carbocycles. The Morgan fingerprint density at radius 1 is 1.00 bits per heavy atom. The maximum atomic E-state index is 13.2. The summed E-state index contributed by atoms with van der Waals surface area (Å²) in [5.74, 6) is 2.73. The third kappa shape index (κ3) is 4.16. The van der Waals surface area contributed by atoms with Crippen LogP contribution in [0, 0.1) is 23.2 Å². The van der Waals surface area contributed by atoms with E-state index in [1.54, 1.807) is 7.11 Å². The van der Waals surface area contributed by atoms with E-state index in [0.717, 1.165) is 49.9 Å². The number of amides is 2. The van der Waals surface area contributed by atoms with Crippen LogP contribution in [0.5, 0.6) is 0 Å². The van der Waals surface area contributed by atoms with Gasteiger partial charge < -0.3 is 19.7 Å². The molecule has 152 valence electrons. The minimum atomic E-state index is -0.0725. The van der Waals surface area contributed by atoms with E-state index in [0.29, 0.717) is 32.2 Å². The van der Waals surface area contributed by atoms with Crippen molar-refractivity contribution < 1.29 is 19.1 Å². The van der Waals surface area contributed by atoms with Crippen molar-refractivity contribution >= 4 is 11.8 Å².